The summed E-state index contributed by atoms with van der Waals surface area (Å²) < 4.78 is 1.38. The maximum Gasteiger partial charge on any atom is 0.272 e. The first-order chi connectivity index (χ1) is 11.0. The maximum atomic E-state index is 12.5. The Labute approximate surface area is 134 Å². The van der Waals surface area contributed by atoms with Crippen LogP contribution in [0.5, 0.6) is 0 Å². The van der Waals surface area contributed by atoms with Gasteiger partial charge in [-0.05, 0) is 31.0 Å². The summed E-state index contributed by atoms with van der Waals surface area (Å²) in [7, 11) is 0. The summed E-state index contributed by atoms with van der Waals surface area (Å²) in [6, 6.07) is 11.5. The number of benzene rings is 1. The van der Waals surface area contributed by atoms with Gasteiger partial charge in [-0.15, -0.1) is 0 Å². The Morgan fingerprint density at radius 3 is 2.61 bits per heavy atom. The highest BCUT2D eigenvalue weighted by atomic mass is 16.3. The van der Waals surface area contributed by atoms with Crippen LogP contribution in [0.2, 0.25) is 0 Å². The van der Waals surface area contributed by atoms with Gasteiger partial charge in [-0.25, -0.2) is 4.68 Å². The first kappa shape index (κ1) is 16.8. The maximum absolute atomic E-state index is 12.5. The van der Waals surface area contributed by atoms with Crippen LogP contribution in [0.3, 0.4) is 0 Å². The first-order valence-electron chi connectivity index (χ1n) is 7.43. The lowest BCUT2D eigenvalue weighted by atomic mass is 10.1. The van der Waals surface area contributed by atoms with Gasteiger partial charge in [-0.1, -0.05) is 30.3 Å². The van der Waals surface area contributed by atoms with Gasteiger partial charge in [0.2, 0.25) is 5.91 Å². The molecule has 0 radical (unpaired) electrons. The lowest BCUT2D eigenvalue weighted by Gasteiger charge is -2.13. The quantitative estimate of drug-likeness (QED) is 0.692. The molecular formula is C17H21N3O3. The molecule has 122 valence electrons. The van der Waals surface area contributed by atoms with Crippen LogP contribution in [0.1, 0.15) is 23.6 Å². The van der Waals surface area contributed by atoms with E-state index in [1.807, 2.05) is 30.3 Å². The summed E-state index contributed by atoms with van der Waals surface area (Å²) >= 11 is 0. The minimum Gasteiger partial charge on any atom is -0.374 e. The van der Waals surface area contributed by atoms with Gasteiger partial charge in [0.1, 0.15) is 6.23 Å². The van der Waals surface area contributed by atoms with Gasteiger partial charge in [0, 0.05) is 11.8 Å². The minimum atomic E-state index is -0.940. The molecule has 0 aliphatic carbocycles. The highest BCUT2D eigenvalue weighted by Gasteiger charge is 2.13. The van der Waals surface area contributed by atoms with E-state index in [2.05, 4.69) is 10.7 Å². The molecule has 1 aromatic heterocycles. The first-order valence-corrected chi connectivity index (χ1v) is 7.43. The predicted octanol–water partition coefficient (Wildman–Crippen LogP) is 0.897. The van der Waals surface area contributed by atoms with Crippen LogP contribution in [0.15, 0.2) is 47.4 Å². The summed E-state index contributed by atoms with van der Waals surface area (Å²) in [5.74, 6) is -0.388. The zero-order valence-electron chi connectivity index (χ0n) is 13.2. The normalized spacial score (nSPS) is 11.8. The van der Waals surface area contributed by atoms with Crippen LogP contribution in [0, 0.1) is 6.92 Å². The molecule has 23 heavy (non-hydrogen) atoms. The van der Waals surface area contributed by atoms with Crippen LogP contribution in [-0.4, -0.2) is 21.9 Å². The van der Waals surface area contributed by atoms with Gasteiger partial charge in [0.25, 0.3) is 5.56 Å². The lowest BCUT2D eigenvalue weighted by Crippen LogP contribution is -2.37. The highest BCUT2D eigenvalue weighted by molar-refractivity contribution is 5.78. The number of carbonyl (C=O) groups is 1. The van der Waals surface area contributed by atoms with E-state index in [0.29, 0.717) is 12.1 Å². The number of aromatic nitrogens is 1. The Kier molecular flexibility index (Phi) is 5.54. The molecule has 2 aromatic rings. The van der Waals surface area contributed by atoms with E-state index in [-0.39, 0.29) is 17.9 Å². The summed E-state index contributed by atoms with van der Waals surface area (Å²) in [6.45, 7) is 3.74. The van der Waals surface area contributed by atoms with E-state index in [0.717, 1.165) is 11.1 Å². The summed E-state index contributed by atoms with van der Waals surface area (Å²) in [5.41, 5.74) is 4.97. The molecule has 1 heterocycles. The summed E-state index contributed by atoms with van der Waals surface area (Å²) in [4.78, 5) is 24.3. The Morgan fingerprint density at radius 1 is 1.26 bits per heavy atom. The molecule has 0 fully saturated rings. The van der Waals surface area contributed by atoms with Crippen molar-refractivity contribution in [3.63, 3.8) is 0 Å². The highest BCUT2D eigenvalue weighted by Crippen LogP contribution is 2.03. The van der Waals surface area contributed by atoms with E-state index >= 15 is 0 Å². The molecule has 1 aromatic carbocycles. The molecule has 1 unspecified atom stereocenters. The molecule has 1 atom stereocenters. The smallest absolute Gasteiger partial charge is 0.272 e. The second-order valence-electron chi connectivity index (χ2n) is 5.39. The average Bonchev–Trinajstić information content (AvgIpc) is 2.51. The second kappa shape index (κ2) is 7.60. The van der Waals surface area contributed by atoms with E-state index < -0.39 is 6.23 Å². The molecule has 3 N–H and O–H groups in total. The van der Waals surface area contributed by atoms with Crippen molar-refractivity contribution >= 4 is 5.91 Å². The van der Waals surface area contributed by atoms with E-state index in [1.165, 1.54) is 11.6 Å². The number of hydrogen-bond acceptors (Lipinski definition) is 4. The van der Waals surface area contributed by atoms with Gasteiger partial charge >= 0.3 is 0 Å². The fourth-order valence-electron chi connectivity index (χ4n) is 2.23. The SMILES string of the molecule is Cc1ccn(NCc2ccccc2)c(=O)c1CC(=O)NC(C)O. The number of amides is 1. The summed E-state index contributed by atoms with van der Waals surface area (Å²) in [5, 5.41) is 11.5. The topological polar surface area (TPSA) is 83.4 Å². The van der Waals surface area contributed by atoms with Gasteiger partial charge in [0.05, 0.1) is 13.0 Å². The largest absolute Gasteiger partial charge is 0.374 e. The third-order valence-electron chi connectivity index (χ3n) is 3.43. The molecule has 0 spiro atoms. The Morgan fingerprint density at radius 2 is 1.96 bits per heavy atom. The van der Waals surface area contributed by atoms with Crippen molar-refractivity contribution in [2.24, 2.45) is 0 Å². The van der Waals surface area contributed by atoms with Gasteiger partial charge in [0.15, 0.2) is 0 Å². The van der Waals surface area contributed by atoms with Crippen molar-refractivity contribution in [2.75, 3.05) is 5.43 Å². The number of nitrogens with one attached hydrogen (secondary N) is 2. The van der Waals surface area contributed by atoms with Gasteiger partial charge in [-0.2, -0.15) is 0 Å². The van der Waals surface area contributed by atoms with Crippen molar-refractivity contribution in [3.05, 3.63) is 69.6 Å². The second-order valence-corrected chi connectivity index (χ2v) is 5.39. The van der Waals surface area contributed by atoms with Crippen molar-refractivity contribution in [1.82, 2.24) is 9.99 Å². The number of nitrogens with zero attached hydrogens (tertiary/aromatic N) is 1. The van der Waals surface area contributed by atoms with Crippen LogP contribution in [0.4, 0.5) is 0 Å². The van der Waals surface area contributed by atoms with Crippen molar-refractivity contribution < 1.29 is 9.90 Å². The molecule has 6 nitrogen and oxygen atoms in total. The van der Waals surface area contributed by atoms with Gasteiger partial charge in [-0.3, -0.25) is 9.59 Å². The number of hydrogen-bond donors (Lipinski definition) is 3. The third kappa shape index (κ3) is 4.69. The molecule has 6 heteroatoms. The van der Waals surface area contributed by atoms with Crippen LogP contribution in [-0.2, 0) is 17.8 Å². The fourth-order valence-corrected chi connectivity index (χ4v) is 2.23. The van der Waals surface area contributed by atoms with Crippen molar-refractivity contribution in [1.29, 1.82) is 0 Å². The number of pyridine rings is 1. The average molecular weight is 315 g/mol. The van der Waals surface area contributed by atoms with E-state index in [1.54, 1.807) is 19.2 Å². The molecule has 0 bridgehead atoms. The van der Waals surface area contributed by atoms with Crippen LogP contribution in [0.25, 0.3) is 0 Å². The predicted molar refractivity (Wildman–Crippen MR) is 88.5 cm³/mol. The molecule has 0 aliphatic heterocycles. The minimum absolute atomic E-state index is 0.0660. The molecule has 1 amide bonds. The van der Waals surface area contributed by atoms with E-state index in [9.17, 15) is 14.7 Å². The fraction of sp³-hybridized carbons (Fsp3) is 0.294. The molecule has 0 saturated carbocycles. The Hall–Kier alpha value is -2.60. The number of aliphatic hydroxyl groups is 1. The zero-order chi connectivity index (χ0) is 16.8. The van der Waals surface area contributed by atoms with E-state index in [4.69, 9.17) is 0 Å². The Bertz CT molecular complexity index is 724. The molecule has 0 saturated heterocycles. The monoisotopic (exact) mass is 315 g/mol. The third-order valence-corrected chi connectivity index (χ3v) is 3.43. The zero-order valence-corrected chi connectivity index (χ0v) is 13.2. The number of rotatable bonds is 6. The van der Waals surface area contributed by atoms with Crippen LogP contribution >= 0.6 is 0 Å². The Balaban J connectivity index is 2.14. The van der Waals surface area contributed by atoms with Crippen molar-refractivity contribution in [2.45, 2.75) is 33.0 Å². The lowest BCUT2D eigenvalue weighted by molar-refractivity contribution is -0.123. The standard InChI is InChI=1S/C17H21N3O3/c1-12-8-9-20(18-11-14-6-4-3-5-7-14)17(23)15(12)10-16(22)19-13(2)21/h3-9,13,18,21H,10-11H2,1-2H3,(H,19,22). The van der Waals surface area contributed by atoms with Crippen molar-refractivity contribution in [3.8, 4) is 0 Å². The number of aryl methyl sites for hydroxylation is 1. The molecule has 0 aliphatic rings. The van der Waals surface area contributed by atoms with Crippen LogP contribution < -0.4 is 16.3 Å². The van der Waals surface area contributed by atoms with Gasteiger partial charge < -0.3 is 15.8 Å². The summed E-state index contributed by atoms with van der Waals surface area (Å²) in [6.07, 6.45) is 0.644. The number of aliphatic hydroxyl groups excluding tert-OH is 1. The molecule has 2 rings (SSSR count). The number of carbonyl (C=O) groups excluding carboxylic acids is 1. The molecular weight excluding hydrogens is 294 g/mol.